The van der Waals surface area contributed by atoms with Crippen LogP contribution >= 0.6 is 0 Å². The van der Waals surface area contributed by atoms with Gasteiger partial charge in [-0.2, -0.15) is 0 Å². The Labute approximate surface area is 147 Å². The van der Waals surface area contributed by atoms with Gasteiger partial charge in [0.15, 0.2) is 5.41 Å². The summed E-state index contributed by atoms with van der Waals surface area (Å²) in [6.07, 6.45) is 7.65. The van der Waals surface area contributed by atoms with Crippen molar-refractivity contribution in [2.24, 2.45) is 10.8 Å². The molecule has 0 N–H and O–H groups in total. The molecule has 0 radical (unpaired) electrons. The second-order valence-corrected chi connectivity index (χ2v) is 5.99. The molecule has 2 rings (SSSR count). The quantitative estimate of drug-likeness (QED) is 0.432. The lowest BCUT2D eigenvalue weighted by molar-refractivity contribution is -0.162. The fraction of sp³-hybridized carbons (Fsp3) is 0.500. The van der Waals surface area contributed by atoms with Crippen LogP contribution in [-0.4, -0.2) is 54.6 Å². The molecular formula is C18H24N2O5. The highest BCUT2D eigenvalue weighted by molar-refractivity contribution is 6.06. The summed E-state index contributed by atoms with van der Waals surface area (Å²) in [6, 6.07) is 0. The highest BCUT2D eigenvalue weighted by Gasteiger charge is 2.66. The van der Waals surface area contributed by atoms with Gasteiger partial charge in [0.25, 0.3) is 0 Å². The van der Waals surface area contributed by atoms with E-state index in [-0.39, 0.29) is 18.9 Å². The second-order valence-electron chi connectivity index (χ2n) is 5.99. The summed E-state index contributed by atoms with van der Waals surface area (Å²) in [5, 5.41) is 0. The predicted molar refractivity (Wildman–Crippen MR) is 91.1 cm³/mol. The van der Waals surface area contributed by atoms with Crippen molar-refractivity contribution in [2.75, 3.05) is 26.8 Å². The van der Waals surface area contributed by atoms with Crippen LogP contribution in [0.4, 0.5) is 4.79 Å². The first kappa shape index (κ1) is 18.8. The number of likely N-dealkylation sites (tertiary alicyclic amines) is 1. The van der Waals surface area contributed by atoms with E-state index in [2.05, 4.69) is 6.58 Å². The van der Waals surface area contributed by atoms with Gasteiger partial charge in [-0.25, -0.2) is 4.79 Å². The topological polar surface area (TPSA) is 76.2 Å². The van der Waals surface area contributed by atoms with Gasteiger partial charge < -0.3 is 14.4 Å². The summed E-state index contributed by atoms with van der Waals surface area (Å²) in [6.45, 7) is 8.34. The van der Waals surface area contributed by atoms with Crippen molar-refractivity contribution in [3.8, 4) is 0 Å². The minimum absolute atomic E-state index is 0.142. The molecular weight excluding hydrogens is 324 g/mol. The molecule has 1 saturated heterocycles. The number of carbonyl (C=O) groups is 3. The number of esters is 1. The van der Waals surface area contributed by atoms with E-state index in [0.717, 1.165) is 0 Å². The summed E-state index contributed by atoms with van der Waals surface area (Å²) >= 11 is 0. The van der Waals surface area contributed by atoms with Crippen molar-refractivity contribution >= 4 is 18.0 Å². The first-order valence-corrected chi connectivity index (χ1v) is 8.25. The van der Waals surface area contributed by atoms with Gasteiger partial charge in [-0.1, -0.05) is 18.2 Å². The first-order valence-electron chi connectivity index (χ1n) is 8.25. The van der Waals surface area contributed by atoms with Gasteiger partial charge in [-0.05, 0) is 20.3 Å². The molecule has 7 nitrogen and oxygen atoms in total. The third kappa shape index (κ3) is 2.73. The summed E-state index contributed by atoms with van der Waals surface area (Å²) in [7, 11) is 1.27. The number of rotatable bonds is 5. The van der Waals surface area contributed by atoms with E-state index >= 15 is 0 Å². The Bertz CT molecular complexity index is 625. The van der Waals surface area contributed by atoms with Crippen molar-refractivity contribution in [1.82, 2.24) is 9.80 Å². The van der Waals surface area contributed by atoms with Crippen molar-refractivity contribution in [1.29, 1.82) is 0 Å². The number of hydrogen-bond acceptors (Lipinski definition) is 5. The fourth-order valence-electron chi connectivity index (χ4n) is 3.52. The monoisotopic (exact) mass is 348 g/mol. The molecule has 25 heavy (non-hydrogen) atoms. The van der Waals surface area contributed by atoms with Crippen molar-refractivity contribution in [3.05, 3.63) is 37.2 Å². The van der Waals surface area contributed by atoms with E-state index in [1.54, 1.807) is 30.1 Å². The molecule has 1 fully saturated rings. The van der Waals surface area contributed by atoms with Crippen molar-refractivity contribution in [2.45, 2.75) is 20.3 Å². The van der Waals surface area contributed by atoms with E-state index in [1.807, 2.05) is 6.92 Å². The number of allylic oxidation sites excluding steroid dienone is 1. The van der Waals surface area contributed by atoms with Crippen LogP contribution in [0.15, 0.2) is 37.2 Å². The fourth-order valence-corrected chi connectivity index (χ4v) is 3.52. The van der Waals surface area contributed by atoms with Crippen molar-refractivity contribution in [3.63, 3.8) is 0 Å². The minimum atomic E-state index is -1.42. The lowest BCUT2D eigenvalue weighted by Gasteiger charge is -2.38. The van der Waals surface area contributed by atoms with Gasteiger partial charge >= 0.3 is 12.1 Å². The molecule has 0 aliphatic carbocycles. The predicted octanol–water partition coefficient (Wildman–Crippen LogP) is 2.07. The van der Waals surface area contributed by atoms with Crippen LogP contribution in [0.25, 0.3) is 0 Å². The zero-order chi connectivity index (χ0) is 18.7. The maximum Gasteiger partial charge on any atom is 0.417 e. The maximum absolute atomic E-state index is 13.0. The number of ether oxygens (including phenoxy) is 2. The Balaban J connectivity index is 2.50. The highest BCUT2D eigenvalue weighted by atomic mass is 16.6. The van der Waals surface area contributed by atoms with Crippen LogP contribution < -0.4 is 0 Å². The number of nitrogens with zero attached hydrogens (tertiary/aromatic N) is 2. The van der Waals surface area contributed by atoms with E-state index in [4.69, 9.17) is 9.47 Å². The smallest absolute Gasteiger partial charge is 0.417 e. The molecule has 0 aromatic heterocycles. The highest BCUT2D eigenvalue weighted by Crippen LogP contribution is 2.53. The first-order chi connectivity index (χ1) is 11.9. The third-order valence-electron chi connectivity index (χ3n) is 4.81. The minimum Gasteiger partial charge on any atom is -0.468 e. The molecule has 2 amide bonds. The molecule has 0 bridgehead atoms. The zero-order valence-electron chi connectivity index (χ0n) is 14.9. The van der Waals surface area contributed by atoms with Crippen LogP contribution in [-0.2, 0) is 19.1 Å². The van der Waals surface area contributed by atoms with Gasteiger partial charge in [0.1, 0.15) is 0 Å². The third-order valence-corrected chi connectivity index (χ3v) is 4.81. The lowest BCUT2D eigenvalue weighted by atomic mass is 9.62. The largest absolute Gasteiger partial charge is 0.468 e. The standard InChI is InChI=1S/C18H24N2O5/c1-5-8-18(15(22)24-4)14(21)19(6-2)13-17(18)9-11-20(12-10-17)16(23)25-7-3/h5,9-12H,1,6-8,13H2,2-4H3. The van der Waals surface area contributed by atoms with Crippen LogP contribution in [0.2, 0.25) is 0 Å². The van der Waals surface area contributed by atoms with Gasteiger partial charge in [-0.3, -0.25) is 14.5 Å². The number of methoxy groups -OCH3 is 1. The molecule has 1 atom stereocenters. The summed E-state index contributed by atoms with van der Waals surface area (Å²) in [5.41, 5.74) is -2.34. The number of hydrogen-bond donors (Lipinski definition) is 0. The molecule has 1 spiro atoms. The van der Waals surface area contributed by atoms with Gasteiger partial charge in [-0.15, -0.1) is 6.58 Å². The number of carbonyl (C=O) groups excluding carboxylic acids is 3. The molecule has 136 valence electrons. The molecule has 0 aromatic carbocycles. The summed E-state index contributed by atoms with van der Waals surface area (Å²) < 4.78 is 9.95. The molecule has 2 heterocycles. The average molecular weight is 348 g/mol. The van der Waals surface area contributed by atoms with E-state index in [0.29, 0.717) is 13.1 Å². The van der Waals surface area contributed by atoms with Gasteiger partial charge in [0, 0.05) is 25.5 Å². The Morgan fingerprint density at radius 3 is 2.44 bits per heavy atom. The molecule has 1 unspecified atom stereocenters. The van der Waals surface area contributed by atoms with E-state index in [1.165, 1.54) is 24.4 Å². The Morgan fingerprint density at radius 2 is 1.96 bits per heavy atom. The maximum atomic E-state index is 13.0. The summed E-state index contributed by atoms with van der Waals surface area (Å²) in [5.74, 6) is -0.895. The second kappa shape index (κ2) is 7.13. The van der Waals surface area contributed by atoms with Crippen LogP contribution in [0.1, 0.15) is 20.3 Å². The molecule has 0 saturated carbocycles. The van der Waals surface area contributed by atoms with Crippen LogP contribution in [0.3, 0.4) is 0 Å². The van der Waals surface area contributed by atoms with Gasteiger partial charge in [0.05, 0.1) is 19.1 Å². The normalized spacial score (nSPS) is 23.9. The van der Waals surface area contributed by atoms with Gasteiger partial charge in [0.2, 0.25) is 5.91 Å². The Hall–Kier alpha value is -2.57. The Kier molecular flexibility index (Phi) is 5.35. The molecule has 2 aliphatic rings. The Morgan fingerprint density at radius 1 is 1.32 bits per heavy atom. The number of amides is 2. The summed E-state index contributed by atoms with van der Waals surface area (Å²) in [4.78, 5) is 40.5. The van der Waals surface area contributed by atoms with Crippen LogP contribution in [0, 0.1) is 10.8 Å². The molecule has 2 aliphatic heterocycles. The average Bonchev–Trinajstić information content (AvgIpc) is 2.85. The van der Waals surface area contributed by atoms with Crippen molar-refractivity contribution < 1.29 is 23.9 Å². The SMILES string of the molecule is C=CCC1(C(=O)OC)C(=O)N(CC)CC12C=CN(C(=O)OCC)C=C2. The molecule has 0 aromatic rings. The van der Waals surface area contributed by atoms with E-state index < -0.39 is 22.9 Å². The van der Waals surface area contributed by atoms with Crippen LogP contribution in [0.5, 0.6) is 0 Å². The van der Waals surface area contributed by atoms with E-state index in [9.17, 15) is 14.4 Å². The molecule has 7 heteroatoms. The lowest BCUT2D eigenvalue weighted by Crippen LogP contribution is -2.49. The zero-order valence-corrected chi connectivity index (χ0v) is 14.9.